The average molecular weight is 467 g/mol. The van der Waals surface area contributed by atoms with Crippen molar-refractivity contribution in [2.24, 2.45) is 10.7 Å². The molecule has 24 heavy (non-hydrogen) atoms. The molecule has 2 N–H and O–H groups in total. The maximum atomic E-state index is 12.0. The summed E-state index contributed by atoms with van der Waals surface area (Å²) in [5.41, 5.74) is 5.58. The van der Waals surface area contributed by atoms with Crippen LogP contribution >= 0.6 is 35.3 Å². The number of hydrogen-bond acceptors (Lipinski definition) is 5. The number of hydrogen-bond donors (Lipinski definition) is 1. The minimum absolute atomic E-state index is 0. The number of rotatable bonds is 2. The van der Waals surface area contributed by atoms with Gasteiger partial charge in [0.2, 0.25) is 0 Å². The molecule has 0 saturated carbocycles. The predicted molar refractivity (Wildman–Crippen MR) is 107 cm³/mol. The number of nitrogens with zero attached hydrogens (tertiary/aromatic N) is 4. The quantitative estimate of drug-likeness (QED) is 0.411. The van der Waals surface area contributed by atoms with Crippen molar-refractivity contribution in [2.45, 2.75) is 39.8 Å². The van der Waals surface area contributed by atoms with Crippen LogP contribution in [0.5, 0.6) is 0 Å². The Bertz CT molecular complexity index is 577. The fourth-order valence-electron chi connectivity index (χ4n) is 2.18. The van der Waals surface area contributed by atoms with Crippen LogP contribution in [-0.2, 0) is 11.3 Å². The number of nitrogens with two attached hydrogens (primary N) is 1. The molecule has 0 unspecified atom stereocenters. The van der Waals surface area contributed by atoms with Gasteiger partial charge >= 0.3 is 6.09 Å². The number of carbonyl (C=O) groups excluding carboxylic acids is 1. The summed E-state index contributed by atoms with van der Waals surface area (Å²) in [4.78, 5) is 25.4. The molecule has 0 bridgehead atoms. The predicted octanol–water partition coefficient (Wildman–Crippen LogP) is 2.44. The largest absolute Gasteiger partial charge is 0.444 e. The minimum atomic E-state index is -0.471. The van der Waals surface area contributed by atoms with Crippen LogP contribution in [0.15, 0.2) is 11.2 Å². The Labute approximate surface area is 164 Å². The van der Waals surface area contributed by atoms with E-state index in [1.807, 2.05) is 38.8 Å². The number of aliphatic imine (C=N–C) groups is 1. The standard InChI is InChI=1S/C15H25N5O2S.HI/c1-11-17-9-12(23-11)10-18-13(16)19-5-7-20(8-6-19)14(21)22-15(2,3)4;/h9H,5-8,10H2,1-4H3,(H2,16,18);1H. The van der Waals surface area contributed by atoms with Gasteiger partial charge in [-0.3, -0.25) is 0 Å². The normalized spacial score (nSPS) is 15.9. The molecule has 136 valence electrons. The van der Waals surface area contributed by atoms with Gasteiger partial charge in [-0.25, -0.2) is 14.8 Å². The van der Waals surface area contributed by atoms with E-state index in [0.29, 0.717) is 38.7 Å². The molecular formula is C15H26IN5O2S. The first-order valence-corrected chi connectivity index (χ1v) is 8.50. The van der Waals surface area contributed by atoms with Crippen molar-refractivity contribution in [3.05, 3.63) is 16.1 Å². The van der Waals surface area contributed by atoms with Gasteiger partial charge in [0.1, 0.15) is 5.60 Å². The van der Waals surface area contributed by atoms with Gasteiger partial charge in [0.05, 0.1) is 11.6 Å². The first-order valence-electron chi connectivity index (χ1n) is 7.69. The maximum Gasteiger partial charge on any atom is 0.410 e. The molecule has 0 radical (unpaired) electrons. The SMILES string of the molecule is Cc1ncc(CN=C(N)N2CCN(C(=O)OC(C)(C)C)CC2)s1.I. The van der Waals surface area contributed by atoms with Crippen LogP contribution in [0.25, 0.3) is 0 Å². The second-order valence-corrected chi connectivity index (χ2v) is 7.79. The molecule has 1 aliphatic rings. The van der Waals surface area contributed by atoms with Crippen LogP contribution in [0.2, 0.25) is 0 Å². The second kappa shape index (κ2) is 8.84. The monoisotopic (exact) mass is 467 g/mol. The van der Waals surface area contributed by atoms with Crippen LogP contribution in [0, 0.1) is 6.92 Å². The molecule has 0 aliphatic carbocycles. The van der Waals surface area contributed by atoms with Crippen molar-refractivity contribution in [3.8, 4) is 0 Å². The summed E-state index contributed by atoms with van der Waals surface area (Å²) < 4.78 is 5.38. The molecule has 0 atom stereocenters. The summed E-state index contributed by atoms with van der Waals surface area (Å²) in [5.74, 6) is 0.514. The Hall–Kier alpha value is -1.10. The third-order valence-corrected chi connectivity index (χ3v) is 4.22. The topological polar surface area (TPSA) is 84.0 Å². The van der Waals surface area contributed by atoms with E-state index in [4.69, 9.17) is 10.5 Å². The number of ether oxygens (including phenoxy) is 1. The molecule has 0 spiro atoms. The fraction of sp³-hybridized carbons (Fsp3) is 0.667. The maximum absolute atomic E-state index is 12.0. The number of halogens is 1. The second-order valence-electron chi connectivity index (χ2n) is 6.47. The number of guanidine groups is 1. The molecule has 2 rings (SSSR count). The highest BCUT2D eigenvalue weighted by Crippen LogP contribution is 2.14. The van der Waals surface area contributed by atoms with Gasteiger partial charge in [-0.2, -0.15) is 0 Å². The Balaban J connectivity index is 0.00000288. The Kier molecular flexibility index (Phi) is 7.71. The molecule has 1 amide bonds. The van der Waals surface area contributed by atoms with E-state index in [2.05, 4.69) is 9.98 Å². The highest BCUT2D eigenvalue weighted by Gasteiger charge is 2.26. The molecule has 7 nitrogen and oxygen atoms in total. The van der Waals surface area contributed by atoms with Crippen LogP contribution < -0.4 is 5.73 Å². The van der Waals surface area contributed by atoms with Crippen molar-refractivity contribution < 1.29 is 9.53 Å². The van der Waals surface area contributed by atoms with E-state index in [0.717, 1.165) is 9.88 Å². The van der Waals surface area contributed by atoms with Gasteiger partial charge in [-0.1, -0.05) is 0 Å². The molecule has 9 heteroatoms. The van der Waals surface area contributed by atoms with Crippen molar-refractivity contribution in [3.63, 3.8) is 0 Å². The van der Waals surface area contributed by atoms with Crippen LogP contribution in [0.1, 0.15) is 30.7 Å². The van der Waals surface area contributed by atoms with Gasteiger partial charge in [0, 0.05) is 37.3 Å². The van der Waals surface area contributed by atoms with E-state index in [1.54, 1.807) is 16.2 Å². The Morgan fingerprint density at radius 2 is 1.92 bits per heavy atom. The van der Waals surface area contributed by atoms with E-state index in [-0.39, 0.29) is 30.1 Å². The first-order chi connectivity index (χ1) is 10.7. The van der Waals surface area contributed by atoms with Gasteiger partial charge in [0.25, 0.3) is 0 Å². The third-order valence-electron chi connectivity index (χ3n) is 3.32. The van der Waals surface area contributed by atoms with Gasteiger partial charge in [-0.15, -0.1) is 35.3 Å². The lowest BCUT2D eigenvalue weighted by Crippen LogP contribution is -2.53. The van der Waals surface area contributed by atoms with Gasteiger partial charge < -0.3 is 20.3 Å². The van der Waals surface area contributed by atoms with Crippen LogP contribution in [0.3, 0.4) is 0 Å². The third kappa shape index (κ3) is 6.42. The first kappa shape index (κ1) is 20.9. The summed E-state index contributed by atoms with van der Waals surface area (Å²) in [5, 5.41) is 1.03. The van der Waals surface area contributed by atoms with Crippen molar-refractivity contribution >= 4 is 47.4 Å². The lowest BCUT2D eigenvalue weighted by molar-refractivity contribution is 0.0186. The lowest BCUT2D eigenvalue weighted by atomic mass is 10.2. The molecule has 1 saturated heterocycles. The summed E-state index contributed by atoms with van der Waals surface area (Å²) in [6.07, 6.45) is 1.56. The smallest absolute Gasteiger partial charge is 0.410 e. The number of piperazine rings is 1. The van der Waals surface area contributed by atoms with E-state index >= 15 is 0 Å². The highest BCUT2D eigenvalue weighted by atomic mass is 127. The minimum Gasteiger partial charge on any atom is -0.444 e. The molecule has 1 aromatic rings. The zero-order chi connectivity index (χ0) is 17.0. The van der Waals surface area contributed by atoms with Crippen LogP contribution in [-0.4, -0.2) is 58.6 Å². The van der Waals surface area contributed by atoms with Gasteiger partial charge in [-0.05, 0) is 27.7 Å². The van der Waals surface area contributed by atoms with E-state index < -0.39 is 5.60 Å². The van der Waals surface area contributed by atoms with E-state index in [1.165, 1.54) is 0 Å². The lowest BCUT2D eigenvalue weighted by Gasteiger charge is -2.36. The number of aromatic nitrogens is 1. The van der Waals surface area contributed by atoms with Crippen molar-refractivity contribution in [1.82, 2.24) is 14.8 Å². The van der Waals surface area contributed by atoms with E-state index in [9.17, 15) is 4.79 Å². The number of aryl methyl sites for hydroxylation is 1. The molecule has 2 heterocycles. The van der Waals surface area contributed by atoms with Crippen LogP contribution in [0.4, 0.5) is 4.79 Å². The number of carbonyl (C=O) groups is 1. The summed E-state index contributed by atoms with van der Waals surface area (Å²) in [7, 11) is 0. The highest BCUT2D eigenvalue weighted by molar-refractivity contribution is 14.0. The van der Waals surface area contributed by atoms with Crippen molar-refractivity contribution in [2.75, 3.05) is 26.2 Å². The molecule has 1 aliphatic heterocycles. The molecular weight excluding hydrogens is 441 g/mol. The molecule has 1 fully saturated rings. The summed E-state index contributed by atoms with van der Waals surface area (Å²) >= 11 is 1.62. The average Bonchev–Trinajstić information content (AvgIpc) is 2.89. The fourth-order valence-corrected chi connectivity index (χ4v) is 2.90. The summed E-state index contributed by atoms with van der Waals surface area (Å²) in [6.45, 7) is 10.6. The molecule has 0 aromatic carbocycles. The van der Waals surface area contributed by atoms with Gasteiger partial charge in [0.15, 0.2) is 5.96 Å². The Morgan fingerprint density at radius 1 is 1.33 bits per heavy atom. The zero-order valence-electron chi connectivity index (χ0n) is 14.6. The number of amides is 1. The van der Waals surface area contributed by atoms with Crippen molar-refractivity contribution in [1.29, 1.82) is 0 Å². The Morgan fingerprint density at radius 3 is 2.42 bits per heavy atom. The summed E-state index contributed by atoms with van der Waals surface area (Å²) in [6, 6.07) is 0. The zero-order valence-corrected chi connectivity index (χ0v) is 17.8. The molecule has 1 aromatic heterocycles. The number of thiazole rings is 1.